The maximum Gasteiger partial charge on any atom is 0.0142 e. The summed E-state index contributed by atoms with van der Waals surface area (Å²) in [6.07, 6.45) is 1.09. The molecule has 1 aromatic heterocycles. The largest absolute Gasteiger partial charge is 0.152 e. The second-order valence-corrected chi connectivity index (χ2v) is 10.8. The molecule has 29 heavy (non-hydrogen) atoms. The van der Waals surface area contributed by atoms with E-state index in [9.17, 15) is 0 Å². The van der Waals surface area contributed by atoms with Crippen LogP contribution in [0, 0.1) is 0 Å². The summed E-state index contributed by atoms with van der Waals surface area (Å²) in [5, 5.41) is 4.49. The molecule has 1 aliphatic carbocycles. The van der Waals surface area contributed by atoms with Gasteiger partial charge in [-0.3, -0.25) is 0 Å². The molecule has 154 valence electrons. The van der Waals surface area contributed by atoms with Crippen molar-refractivity contribution in [3.05, 3.63) is 81.0 Å². The van der Waals surface area contributed by atoms with Crippen LogP contribution in [0.15, 0.2) is 53.2 Å². The first-order valence-corrected chi connectivity index (χ1v) is 11.9. The van der Waals surface area contributed by atoms with Gasteiger partial charge in [0.25, 0.3) is 0 Å². The SMILES string of the molecule is CC.CC(C)(C)c1ccc2c(c1)-c1cc(C(C)(C)C)ccc1C2Cc1ccsc1. The molecule has 0 spiro atoms. The summed E-state index contributed by atoms with van der Waals surface area (Å²) in [5.41, 5.74) is 10.5. The standard InChI is InChI=1S/C26H30S.C2H6/c1-25(2,3)18-7-9-20-22(13-17-11-12-27-16-17)21-10-8-19(26(4,5)6)15-24(21)23(20)14-18;1-2/h7-12,14-16,22H,13H2,1-6H3;1-2H3. The predicted octanol–water partition coefficient (Wildman–Crippen LogP) is 8.72. The molecule has 2 aromatic carbocycles. The molecule has 0 unspecified atom stereocenters. The summed E-state index contributed by atoms with van der Waals surface area (Å²) in [5.74, 6) is 0.465. The normalized spacial score (nSPS) is 13.5. The number of fused-ring (bicyclic) bond motifs is 3. The Morgan fingerprint density at radius 2 is 1.21 bits per heavy atom. The number of hydrogen-bond acceptors (Lipinski definition) is 1. The highest BCUT2D eigenvalue weighted by molar-refractivity contribution is 7.07. The van der Waals surface area contributed by atoms with Crippen molar-refractivity contribution in [3.63, 3.8) is 0 Å². The Labute approximate surface area is 182 Å². The van der Waals surface area contributed by atoms with Gasteiger partial charge in [-0.25, -0.2) is 0 Å². The number of thiophene rings is 1. The minimum atomic E-state index is 0.169. The molecule has 0 bridgehead atoms. The van der Waals surface area contributed by atoms with Crippen LogP contribution in [0.25, 0.3) is 11.1 Å². The van der Waals surface area contributed by atoms with E-state index < -0.39 is 0 Å². The Hall–Kier alpha value is -1.86. The van der Waals surface area contributed by atoms with Gasteiger partial charge in [-0.1, -0.05) is 91.8 Å². The third kappa shape index (κ3) is 4.36. The number of hydrogen-bond donors (Lipinski definition) is 0. The summed E-state index contributed by atoms with van der Waals surface area (Å²) in [6, 6.07) is 16.7. The Morgan fingerprint density at radius 1 is 0.724 bits per heavy atom. The zero-order chi connectivity index (χ0) is 21.4. The molecule has 3 aromatic rings. The second-order valence-electron chi connectivity index (χ2n) is 9.99. The molecule has 0 radical (unpaired) electrons. The van der Waals surface area contributed by atoms with Crippen molar-refractivity contribution in [1.82, 2.24) is 0 Å². The van der Waals surface area contributed by atoms with Gasteiger partial charge in [-0.15, -0.1) is 0 Å². The maximum atomic E-state index is 2.45. The van der Waals surface area contributed by atoms with Crippen molar-refractivity contribution >= 4 is 11.3 Å². The van der Waals surface area contributed by atoms with Gasteiger partial charge in [0.15, 0.2) is 0 Å². The molecule has 0 fully saturated rings. The molecule has 0 aliphatic heterocycles. The van der Waals surface area contributed by atoms with Gasteiger partial charge in [0.2, 0.25) is 0 Å². The molecule has 0 N–H and O–H groups in total. The van der Waals surface area contributed by atoms with E-state index in [-0.39, 0.29) is 10.8 Å². The van der Waals surface area contributed by atoms with E-state index in [4.69, 9.17) is 0 Å². The van der Waals surface area contributed by atoms with Crippen LogP contribution in [0.3, 0.4) is 0 Å². The highest BCUT2D eigenvalue weighted by Crippen LogP contribution is 2.48. The van der Waals surface area contributed by atoms with Gasteiger partial charge >= 0.3 is 0 Å². The van der Waals surface area contributed by atoms with Gasteiger partial charge in [-0.05, 0) is 73.0 Å². The number of benzene rings is 2. The monoisotopic (exact) mass is 404 g/mol. The fourth-order valence-corrected chi connectivity index (χ4v) is 4.83. The summed E-state index contributed by atoms with van der Waals surface area (Å²) in [7, 11) is 0. The molecular weight excluding hydrogens is 368 g/mol. The summed E-state index contributed by atoms with van der Waals surface area (Å²) in [4.78, 5) is 0. The first-order chi connectivity index (χ1) is 13.6. The first-order valence-electron chi connectivity index (χ1n) is 10.9. The van der Waals surface area contributed by atoms with E-state index in [0.717, 1.165) is 6.42 Å². The Kier molecular flexibility index (Phi) is 6.11. The third-order valence-corrected chi connectivity index (χ3v) is 6.63. The smallest absolute Gasteiger partial charge is 0.0142 e. The van der Waals surface area contributed by atoms with E-state index in [1.54, 1.807) is 11.3 Å². The van der Waals surface area contributed by atoms with Crippen molar-refractivity contribution in [2.45, 2.75) is 78.6 Å². The highest BCUT2D eigenvalue weighted by Gasteiger charge is 2.31. The van der Waals surface area contributed by atoms with Gasteiger partial charge in [0, 0.05) is 5.92 Å². The molecule has 4 rings (SSSR count). The minimum absolute atomic E-state index is 0.169. The fraction of sp³-hybridized carbons (Fsp3) is 0.429. The molecular formula is C28H36S. The fourth-order valence-electron chi connectivity index (χ4n) is 4.15. The Bertz CT molecular complexity index is 899. The predicted molar refractivity (Wildman–Crippen MR) is 130 cm³/mol. The number of rotatable bonds is 2. The molecule has 0 atom stereocenters. The van der Waals surface area contributed by atoms with Crippen molar-refractivity contribution in [2.75, 3.05) is 0 Å². The highest BCUT2D eigenvalue weighted by atomic mass is 32.1. The minimum Gasteiger partial charge on any atom is -0.152 e. The van der Waals surface area contributed by atoms with E-state index >= 15 is 0 Å². The van der Waals surface area contributed by atoms with Crippen LogP contribution in [0.5, 0.6) is 0 Å². The van der Waals surface area contributed by atoms with Crippen LogP contribution in [0.2, 0.25) is 0 Å². The average Bonchev–Trinajstić information content (AvgIpc) is 3.28. The third-order valence-electron chi connectivity index (χ3n) is 5.90. The lowest BCUT2D eigenvalue weighted by molar-refractivity contribution is 0.589. The molecule has 1 aliphatic rings. The van der Waals surface area contributed by atoms with E-state index in [0.29, 0.717) is 5.92 Å². The quantitative estimate of drug-likeness (QED) is 0.400. The van der Waals surface area contributed by atoms with Crippen LogP contribution in [0.1, 0.15) is 89.1 Å². The second kappa shape index (κ2) is 8.11. The van der Waals surface area contributed by atoms with Crippen LogP contribution in [-0.4, -0.2) is 0 Å². The zero-order valence-corrected chi connectivity index (χ0v) is 20.2. The van der Waals surface area contributed by atoms with E-state index in [1.165, 1.54) is 38.9 Å². The lowest BCUT2D eigenvalue weighted by Gasteiger charge is -2.21. The van der Waals surface area contributed by atoms with Gasteiger partial charge < -0.3 is 0 Å². The van der Waals surface area contributed by atoms with Crippen LogP contribution in [-0.2, 0) is 17.3 Å². The van der Waals surface area contributed by atoms with Crippen molar-refractivity contribution in [1.29, 1.82) is 0 Å². The van der Waals surface area contributed by atoms with Crippen LogP contribution in [0.4, 0.5) is 0 Å². The van der Waals surface area contributed by atoms with Crippen molar-refractivity contribution in [3.8, 4) is 11.1 Å². The summed E-state index contributed by atoms with van der Waals surface area (Å²) < 4.78 is 0. The lowest BCUT2D eigenvalue weighted by Crippen LogP contribution is -2.11. The first kappa shape index (κ1) is 21.8. The molecule has 1 heteroatoms. The van der Waals surface area contributed by atoms with Crippen LogP contribution >= 0.6 is 11.3 Å². The van der Waals surface area contributed by atoms with Crippen LogP contribution < -0.4 is 0 Å². The van der Waals surface area contributed by atoms with E-state index in [1.807, 2.05) is 13.8 Å². The Balaban J connectivity index is 0.00000117. The van der Waals surface area contributed by atoms with Crippen molar-refractivity contribution in [2.24, 2.45) is 0 Å². The Morgan fingerprint density at radius 3 is 1.59 bits per heavy atom. The molecule has 0 amide bonds. The summed E-state index contributed by atoms with van der Waals surface area (Å²) in [6.45, 7) is 17.8. The average molecular weight is 405 g/mol. The molecule has 0 saturated heterocycles. The molecule has 1 heterocycles. The van der Waals surface area contributed by atoms with Gasteiger partial charge in [-0.2, -0.15) is 11.3 Å². The van der Waals surface area contributed by atoms with Gasteiger partial charge in [0.1, 0.15) is 0 Å². The maximum absolute atomic E-state index is 2.45. The topological polar surface area (TPSA) is 0 Å². The molecule has 0 nitrogen and oxygen atoms in total. The lowest BCUT2D eigenvalue weighted by atomic mass is 9.83. The van der Waals surface area contributed by atoms with E-state index in [2.05, 4.69) is 94.8 Å². The van der Waals surface area contributed by atoms with Gasteiger partial charge in [0.05, 0.1) is 0 Å². The van der Waals surface area contributed by atoms with Crippen molar-refractivity contribution < 1.29 is 0 Å². The molecule has 0 saturated carbocycles. The summed E-state index contributed by atoms with van der Waals surface area (Å²) >= 11 is 1.80. The zero-order valence-electron chi connectivity index (χ0n) is 19.4.